The molecule has 2 heterocycles. The maximum Gasteiger partial charge on any atom is 0.257 e. The van der Waals surface area contributed by atoms with Crippen molar-refractivity contribution in [1.29, 1.82) is 0 Å². The van der Waals surface area contributed by atoms with Crippen LogP contribution in [0.25, 0.3) is 0 Å². The maximum absolute atomic E-state index is 12.5. The summed E-state index contributed by atoms with van der Waals surface area (Å²) in [7, 11) is 0. The molecule has 0 spiro atoms. The van der Waals surface area contributed by atoms with Gasteiger partial charge in [0.1, 0.15) is 12.0 Å². The highest BCUT2D eigenvalue weighted by atomic mass is 35.5. The Morgan fingerprint density at radius 1 is 1.12 bits per heavy atom. The van der Waals surface area contributed by atoms with Crippen molar-refractivity contribution in [1.82, 2.24) is 4.90 Å². The molecular weight excluding hydrogens is 328 g/mol. The van der Waals surface area contributed by atoms with Crippen molar-refractivity contribution in [2.45, 2.75) is 19.4 Å². The average molecular weight is 349 g/mol. The highest BCUT2D eigenvalue weighted by Crippen LogP contribution is 2.23. The number of hydrogen-bond donors (Lipinski definition) is 1. The predicted octanol–water partition coefficient (Wildman–Crippen LogP) is 2.90. The summed E-state index contributed by atoms with van der Waals surface area (Å²) in [6.45, 7) is 1.46. The molecular formula is C18H21ClN2O3. The van der Waals surface area contributed by atoms with E-state index in [1.807, 2.05) is 30.3 Å². The number of amides is 1. The number of ketones is 1. The third kappa shape index (κ3) is 3.86. The highest BCUT2D eigenvalue weighted by Gasteiger charge is 2.28. The van der Waals surface area contributed by atoms with E-state index in [2.05, 4.69) is 0 Å². The third-order valence-corrected chi connectivity index (χ3v) is 4.31. The summed E-state index contributed by atoms with van der Waals surface area (Å²) in [4.78, 5) is 26.6. The van der Waals surface area contributed by atoms with E-state index in [1.165, 1.54) is 6.26 Å². The van der Waals surface area contributed by atoms with E-state index in [1.54, 1.807) is 11.0 Å². The molecule has 24 heavy (non-hydrogen) atoms. The fraction of sp³-hybridized carbons (Fsp3) is 0.333. The first-order chi connectivity index (χ1) is 11.2. The van der Waals surface area contributed by atoms with Crippen LogP contribution in [-0.2, 0) is 6.54 Å². The molecule has 1 fully saturated rings. The molecule has 128 valence electrons. The Morgan fingerprint density at radius 3 is 2.38 bits per heavy atom. The molecule has 3 rings (SSSR count). The van der Waals surface area contributed by atoms with Gasteiger partial charge in [0, 0.05) is 24.6 Å². The quantitative estimate of drug-likeness (QED) is 0.862. The first-order valence-electron chi connectivity index (χ1n) is 7.85. The number of benzene rings is 1. The van der Waals surface area contributed by atoms with Gasteiger partial charge in [-0.3, -0.25) is 9.59 Å². The van der Waals surface area contributed by atoms with Crippen LogP contribution in [0.5, 0.6) is 0 Å². The summed E-state index contributed by atoms with van der Waals surface area (Å²) in [5, 5.41) is 0. The second kappa shape index (κ2) is 8.13. The number of carbonyl (C=O) groups excluding carboxylic acids is 2. The van der Waals surface area contributed by atoms with Crippen molar-refractivity contribution in [2.24, 2.45) is 11.7 Å². The van der Waals surface area contributed by atoms with Gasteiger partial charge >= 0.3 is 0 Å². The molecule has 0 radical (unpaired) electrons. The lowest BCUT2D eigenvalue weighted by Gasteiger charge is -2.31. The van der Waals surface area contributed by atoms with Gasteiger partial charge < -0.3 is 15.1 Å². The number of halogens is 1. The molecule has 1 aliphatic heterocycles. The molecule has 0 atom stereocenters. The first-order valence-corrected chi connectivity index (χ1v) is 7.85. The zero-order chi connectivity index (χ0) is 16.2. The van der Waals surface area contributed by atoms with Crippen LogP contribution in [0.1, 0.15) is 39.3 Å². The van der Waals surface area contributed by atoms with E-state index >= 15 is 0 Å². The predicted molar refractivity (Wildman–Crippen MR) is 93.2 cm³/mol. The number of nitrogens with two attached hydrogens (primary N) is 1. The third-order valence-electron chi connectivity index (χ3n) is 4.31. The zero-order valence-electron chi connectivity index (χ0n) is 13.3. The van der Waals surface area contributed by atoms with E-state index < -0.39 is 0 Å². The van der Waals surface area contributed by atoms with Crippen LogP contribution in [0.4, 0.5) is 0 Å². The van der Waals surface area contributed by atoms with Gasteiger partial charge in [-0.25, -0.2) is 0 Å². The van der Waals surface area contributed by atoms with Crippen molar-refractivity contribution in [2.75, 3.05) is 13.1 Å². The van der Waals surface area contributed by atoms with Gasteiger partial charge in [0.25, 0.3) is 5.91 Å². The number of carbonyl (C=O) groups is 2. The van der Waals surface area contributed by atoms with E-state index in [0.29, 0.717) is 37.3 Å². The smallest absolute Gasteiger partial charge is 0.257 e. The van der Waals surface area contributed by atoms with Crippen molar-refractivity contribution < 1.29 is 14.0 Å². The summed E-state index contributed by atoms with van der Waals surface area (Å²) >= 11 is 0. The lowest BCUT2D eigenvalue weighted by atomic mass is 9.89. The van der Waals surface area contributed by atoms with Crippen LogP contribution in [0.3, 0.4) is 0 Å². The number of likely N-dealkylation sites (tertiary alicyclic amines) is 1. The summed E-state index contributed by atoms with van der Waals surface area (Å²) < 4.78 is 5.22. The summed E-state index contributed by atoms with van der Waals surface area (Å²) in [6.07, 6.45) is 2.84. The Hall–Kier alpha value is -2.11. The molecule has 1 aromatic heterocycles. The Balaban J connectivity index is 0.00000208. The van der Waals surface area contributed by atoms with Crippen LogP contribution in [0, 0.1) is 5.92 Å². The Kier molecular flexibility index (Phi) is 6.17. The van der Waals surface area contributed by atoms with Gasteiger partial charge in [-0.05, 0) is 18.9 Å². The summed E-state index contributed by atoms with van der Waals surface area (Å²) in [5.74, 6) is 0.707. The molecule has 1 saturated heterocycles. The van der Waals surface area contributed by atoms with Gasteiger partial charge in [-0.2, -0.15) is 0 Å². The minimum Gasteiger partial charge on any atom is -0.467 e. The normalized spacial score (nSPS) is 15.0. The molecule has 0 bridgehead atoms. The van der Waals surface area contributed by atoms with E-state index in [0.717, 1.165) is 5.56 Å². The molecule has 6 heteroatoms. The van der Waals surface area contributed by atoms with Crippen LogP contribution in [0.2, 0.25) is 0 Å². The number of piperidine rings is 1. The number of Topliss-reactive ketones (excluding diaryl/α,β-unsaturated/α-hetero) is 1. The molecule has 1 aromatic carbocycles. The van der Waals surface area contributed by atoms with E-state index in [-0.39, 0.29) is 36.6 Å². The lowest BCUT2D eigenvalue weighted by Crippen LogP contribution is -2.40. The average Bonchev–Trinajstić information content (AvgIpc) is 3.10. The van der Waals surface area contributed by atoms with Crippen molar-refractivity contribution in [3.8, 4) is 0 Å². The number of furan rings is 1. The van der Waals surface area contributed by atoms with Gasteiger partial charge in [0.2, 0.25) is 0 Å². The van der Waals surface area contributed by atoms with Crippen LogP contribution >= 0.6 is 12.4 Å². The second-order valence-electron chi connectivity index (χ2n) is 5.80. The van der Waals surface area contributed by atoms with Crippen LogP contribution in [-0.4, -0.2) is 29.7 Å². The number of hydrogen-bond acceptors (Lipinski definition) is 4. The molecule has 1 amide bonds. The first kappa shape index (κ1) is 18.2. The number of nitrogens with zero attached hydrogens (tertiary/aromatic N) is 1. The molecule has 0 aliphatic carbocycles. The van der Waals surface area contributed by atoms with E-state index in [9.17, 15) is 9.59 Å². The summed E-state index contributed by atoms with van der Waals surface area (Å²) in [6, 6.07) is 11.0. The van der Waals surface area contributed by atoms with Gasteiger partial charge in [-0.1, -0.05) is 30.3 Å². The van der Waals surface area contributed by atoms with Crippen molar-refractivity contribution >= 4 is 24.1 Å². The molecule has 0 unspecified atom stereocenters. The molecule has 2 N–H and O–H groups in total. The zero-order valence-corrected chi connectivity index (χ0v) is 14.1. The Bertz CT molecular complexity index is 691. The van der Waals surface area contributed by atoms with Crippen molar-refractivity contribution in [3.63, 3.8) is 0 Å². The standard InChI is InChI=1S/C18H20N2O3.ClH/c19-11-16-10-15(12-23-16)18(22)20-8-6-14(7-9-20)17(21)13-4-2-1-3-5-13;/h1-5,10,12,14H,6-9,11,19H2;1H. The SMILES string of the molecule is Cl.NCc1cc(C(=O)N2CCC(C(=O)c3ccccc3)CC2)co1. The van der Waals surface area contributed by atoms with E-state index in [4.69, 9.17) is 10.2 Å². The second-order valence-corrected chi connectivity index (χ2v) is 5.80. The Morgan fingerprint density at radius 2 is 1.79 bits per heavy atom. The topological polar surface area (TPSA) is 76.5 Å². The molecule has 1 aliphatic rings. The Labute approximate surface area is 147 Å². The lowest BCUT2D eigenvalue weighted by molar-refractivity contribution is 0.0649. The van der Waals surface area contributed by atoms with Crippen LogP contribution in [0.15, 0.2) is 47.1 Å². The minimum absolute atomic E-state index is 0. The summed E-state index contributed by atoms with van der Waals surface area (Å²) in [5.41, 5.74) is 6.77. The minimum atomic E-state index is -0.0564. The van der Waals surface area contributed by atoms with Crippen LogP contribution < -0.4 is 5.73 Å². The van der Waals surface area contributed by atoms with Gasteiger partial charge in [-0.15, -0.1) is 12.4 Å². The molecule has 0 saturated carbocycles. The highest BCUT2D eigenvalue weighted by molar-refractivity contribution is 5.98. The van der Waals surface area contributed by atoms with Gasteiger partial charge in [0.05, 0.1) is 12.1 Å². The van der Waals surface area contributed by atoms with Gasteiger partial charge in [0.15, 0.2) is 5.78 Å². The van der Waals surface area contributed by atoms with Crippen molar-refractivity contribution in [3.05, 3.63) is 59.5 Å². The number of rotatable bonds is 4. The monoisotopic (exact) mass is 348 g/mol. The fourth-order valence-corrected chi connectivity index (χ4v) is 2.97. The molecule has 5 nitrogen and oxygen atoms in total. The largest absolute Gasteiger partial charge is 0.467 e. The maximum atomic E-state index is 12.5. The molecule has 2 aromatic rings. The fourth-order valence-electron chi connectivity index (χ4n) is 2.97.